The summed E-state index contributed by atoms with van der Waals surface area (Å²) in [7, 11) is 0. The normalized spacial score (nSPS) is 10.8. The molecule has 0 amide bonds. The summed E-state index contributed by atoms with van der Waals surface area (Å²) in [6.07, 6.45) is 3.44. The summed E-state index contributed by atoms with van der Waals surface area (Å²) < 4.78 is 7.45. The number of hydrogen-bond acceptors (Lipinski definition) is 4. The van der Waals surface area contributed by atoms with E-state index in [-0.39, 0.29) is 0 Å². The molecular weight excluding hydrogens is 264 g/mol. The Morgan fingerprint density at radius 1 is 1.29 bits per heavy atom. The average Bonchev–Trinajstić information content (AvgIpc) is 3.17. The Morgan fingerprint density at radius 3 is 2.90 bits per heavy atom. The van der Waals surface area contributed by atoms with Crippen molar-refractivity contribution in [2.24, 2.45) is 0 Å². The van der Waals surface area contributed by atoms with Gasteiger partial charge in [-0.2, -0.15) is 0 Å². The van der Waals surface area contributed by atoms with Gasteiger partial charge in [0, 0.05) is 29.7 Å². The van der Waals surface area contributed by atoms with Crippen LogP contribution in [0.3, 0.4) is 0 Å². The van der Waals surface area contributed by atoms with Gasteiger partial charge in [-0.25, -0.2) is 0 Å². The van der Waals surface area contributed by atoms with Crippen LogP contribution in [0.5, 0.6) is 0 Å². The Balaban J connectivity index is 1.74. The van der Waals surface area contributed by atoms with Gasteiger partial charge < -0.3 is 14.3 Å². The number of nitrogens with zero attached hydrogens (tertiary/aromatic N) is 3. The van der Waals surface area contributed by atoms with Crippen LogP contribution < -0.4 is 5.32 Å². The first-order valence-corrected chi connectivity index (χ1v) is 7.03. The van der Waals surface area contributed by atoms with Gasteiger partial charge in [0.15, 0.2) is 0 Å². The molecule has 0 bridgehead atoms. The molecule has 0 aliphatic heterocycles. The fraction of sp³-hybridized carbons (Fsp3) is 0.250. The van der Waals surface area contributed by atoms with Gasteiger partial charge in [0.1, 0.15) is 0 Å². The first-order chi connectivity index (χ1) is 10.3. The topological polar surface area (TPSA) is 55.9 Å². The number of rotatable bonds is 5. The van der Waals surface area contributed by atoms with Crippen molar-refractivity contribution in [3.8, 4) is 11.5 Å². The van der Waals surface area contributed by atoms with E-state index in [1.54, 1.807) is 0 Å². The molecule has 108 valence electrons. The van der Waals surface area contributed by atoms with Crippen LogP contribution in [-0.2, 0) is 13.1 Å². The van der Waals surface area contributed by atoms with Gasteiger partial charge in [-0.3, -0.25) is 0 Å². The fourth-order valence-corrected chi connectivity index (χ4v) is 2.40. The quantitative estimate of drug-likeness (QED) is 0.778. The third kappa shape index (κ3) is 2.81. The van der Waals surface area contributed by atoms with Crippen LogP contribution in [-0.4, -0.2) is 14.8 Å². The Labute approximate surface area is 123 Å². The molecule has 0 aliphatic carbocycles. The molecule has 1 N–H and O–H groups in total. The van der Waals surface area contributed by atoms with Crippen LogP contribution in [0.1, 0.15) is 18.2 Å². The third-order valence-electron chi connectivity index (χ3n) is 3.56. The molecule has 5 nitrogen and oxygen atoms in total. The van der Waals surface area contributed by atoms with Crippen molar-refractivity contribution in [1.29, 1.82) is 0 Å². The zero-order chi connectivity index (χ0) is 14.7. The van der Waals surface area contributed by atoms with Gasteiger partial charge in [-0.05, 0) is 49.7 Å². The SMILES string of the molecule is CCn1cccc1CNc1ccc(-c2nnco2)cc1C. The molecule has 0 saturated carbocycles. The van der Waals surface area contributed by atoms with Gasteiger partial charge in [-0.1, -0.05) is 0 Å². The second kappa shape index (κ2) is 5.83. The predicted molar refractivity (Wildman–Crippen MR) is 81.9 cm³/mol. The maximum atomic E-state index is 5.22. The molecule has 0 radical (unpaired) electrons. The first kappa shape index (κ1) is 13.4. The van der Waals surface area contributed by atoms with Crippen LogP contribution in [0.15, 0.2) is 47.3 Å². The second-order valence-electron chi connectivity index (χ2n) is 4.91. The molecule has 0 atom stereocenters. The van der Waals surface area contributed by atoms with Crippen LogP contribution in [0.4, 0.5) is 5.69 Å². The number of aromatic nitrogens is 3. The Bertz CT molecular complexity index is 716. The average molecular weight is 282 g/mol. The van der Waals surface area contributed by atoms with Gasteiger partial charge in [0.05, 0.1) is 6.54 Å². The third-order valence-corrected chi connectivity index (χ3v) is 3.56. The highest BCUT2D eigenvalue weighted by molar-refractivity contribution is 5.62. The van der Waals surface area contributed by atoms with Crippen LogP contribution in [0, 0.1) is 6.92 Å². The number of nitrogens with one attached hydrogen (secondary N) is 1. The van der Waals surface area contributed by atoms with E-state index >= 15 is 0 Å². The lowest BCUT2D eigenvalue weighted by Gasteiger charge is -2.12. The minimum atomic E-state index is 0.546. The molecule has 5 heteroatoms. The Morgan fingerprint density at radius 2 is 2.19 bits per heavy atom. The number of benzene rings is 1. The molecule has 21 heavy (non-hydrogen) atoms. The Hall–Kier alpha value is -2.56. The highest BCUT2D eigenvalue weighted by Gasteiger charge is 2.06. The van der Waals surface area contributed by atoms with Crippen molar-refractivity contribution in [2.45, 2.75) is 26.9 Å². The zero-order valence-corrected chi connectivity index (χ0v) is 12.2. The van der Waals surface area contributed by atoms with Crippen molar-refractivity contribution in [1.82, 2.24) is 14.8 Å². The van der Waals surface area contributed by atoms with Crippen molar-refractivity contribution < 1.29 is 4.42 Å². The van der Waals surface area contributed by atoms with E-state index in [0.29, 0.717) is 5.89 Å². The highest BCUT2D eigenvalue weighted by atomic mass is 16.4. The molecule has 0 saturated heterocycles. The van der Waals surface area contributed by atoms with E-state index in [1.165, 1.54) is 12.1 Å². The van der Waals surface area contributed by atoms with E-state index in [1.807, 2.05) is 12.1 Å². The summed E-state index contributed by atoms with van der Waals surface area (Å²) in [4.78, 5) is 0. The van der Waals surface area contributed by atoms with Crippen LogP contribution in [0.2, 0.25) is 0 Å². The second-order valence-corrected chi connectivity index (χ2v) is 4.91. The molecule has 0 spiro atoms. The summed E-state index contributed by atoms with van der Waals surface area (Å²) in [5.41, 5.74) is 4.48. The van der Waals surface area contributed by atoms with Crippen LogP contribution in [0.25, 0.3) is 11.5 Å². The van der Waals surface area contributed by atoms with E-state index in [0.717, 1.165) is 29.9 Å². The molecule has 0 fully saturated rings. The summed E-state index contributed by atoms with van der Waals surface area (Å²) in [5.74, 6) is 0.546. The van der Waals surface area contributed by atoms with Gasteiger partial charge in [0.25, 0.3) is 0 Å². The molecule has 1 aromatic carbocycles. The molecule has 3 aromatic rings. The molecule has 2 heterocycles. The summed E-state index contributed by atoms with van der Waals surface area (Å²) in [5, 5.41) is 11.1. The van der Waals surface area contributed by atoms with Crippen molar-refractivity contribution in [3.63, 3.8) is 0 Å². The van der Waals surface area contributed by atoms with E-state index in [2.05, 4.69) is 58.3 Å². The van der Waals surface area contributed by atoms with E-state index < -0.39 is 0 Å². The Kier molecular flexibility index (Phi) is 3.73. The predicted octanol–water partition coefficient (Wildman–Crippen LogP) is 3.48. The lowest BCUT2D eigenvalue weighted by Crippen LogP contribution is -2.06. The summed E-state index contributed by atoms with van der Waals surface area (Å²) in [6.45, 7) is 6.01. The zero-order valence-electron chi connectivity index (χ0n) is 12.2. The maximum absolute atomic E-state index is 5.22. The molecule has 3 rings (SSSR count). The highest BCUT2D eigenvalue weighted by Crippen LogP contribution is 2.23. The van der Waals surface area contributed by atoms with Crippen molar-refractivity contribution in [3.05, 3.63) is 54.2 Å². The smallest absolute Gasteiger partial charge is 0.247 e. The van der Waals surface area contributed by atoms with Crippen molar-refractivity contribution in [2.75, 3.05) is 5.32 Å². The van der Waals surface area contributed by atoms with Gasteiger partial charge >= 0.3 is 0 Å². The molecular formula is C16H18N4O. The van der Waals surface area contributed by atoms with Gasteiger partial charge in [0.2, 0.25) is 12.3 Å². The monoisotopic (exact) mass is 282 g/mol. The fourth-order valence-electron chi connectivity index (χ4n) is 2.40. The summed E-state index contributed by atoms with van der Waals surface area (Å²) in [6, 6.07) is 10.3. The maximum Gasteiger partial charge on any atom is 0.247 e. The summed E-state index contributed by atoms with van der Waals surface area (Å²) >= 11 is 0. The largest absolute Gasteiger partial charge is 0.423 e. The van der Waals surface area contributed by atoms with Gasteiger partial charge in [-0.15, -0.1) is 10.2 Å². The number of anilines is 1. The van der Waals surface area contributed by atoms with Crippen LogP contribution >= 0.6 is 0 Å². The molecule has 0 aliphatic rings. The minimum Gasteiger partial charge on any atom is -0.423 e. The van der Waals surface area contributed by atoms with Crippen molar-refractivity contribution >= 4 is 5.69 Å². The number of hydrogen-bond donors (Lipinski definition) is 1. The minimum absolute atomic E-state index is 0.546. The van der Waals surface area contributed by atoms with E-state index in [9.17, 15) is 0 Å². The van der Waals surface area contributed by atoms with E-state index in [4.69, 9.17) is 4.42 Å². The number of aryl methyl sites for hydroxylation is 2. The molecule has 0 unspecified atom stereocenters. The standard InChI is InChI=1S/C16H18N4O/c1-3-20-8-4-5-14(20)10-17-15-7-6-13(9-12(15)2)16-19-18-11-21-16/h4-9,11,17H,3,10H2,1-2H3. The molecule has 2 aromatic heterocycles. The lowest BCUT2D eigenvalue weighted by atomic mass is 10.1. The lowest BCUT2D eigenvalue weighted by molar-refractivity contribution is 0.568. The first-order valence-electron chi connectivity index (χ1n) is 7.03.